The van der Waals surface area contributed by atoms with Crippen LogP contribution in [0.1, 0.15) is 17.5 Å². The van der Waals surface area contributed by atoms with E-state index in [9.17, 15) is 0 Å². The van der Waals surface area contributed by atoms with Crippen LogP contribution in [0.2, 0.25) is 0 Å². The number of thiol groups is 1. The Morgan fingerprint density at radius 1 is 1.29 bits per heavy atom. The first-order chi connectivity index (χ1) is 6.65. The maximum absolute atomic E-state index is 4.23. The molecule has 14 heavy (non-hydrogen) atoms. The fourth-order valence-electron chi connectivity index (χ4n) is 1.56. The monoisotopic (exact) mass is 209 g/mol. The third-order valence-corrected chi connectivity index (χ3v) is 2.74. The first-order valence-corrected chi connectivity index (χ1v) is 5.67. The Kier molecular flexibility index (Phi) is 4.33. The summed E-state index contributed by atoms with van der Waals surface area (Å²) in [5, 5.41) is 0. The fraction of sp³-hybridized carbons (Fsp3) is 0.500. The second-order valence-electron chi connectivity index (χ2n) is 3.79. The molecular formula is C12H19NS. The molecule has 0 aromatic heterocycles. The lowest BCUT2D eigenvalue weighted by molar-refractivity contribution is 0.857. The molecule has 1 nitrogen and oxygen atoms in total. The van der Waals surface area contributed by atoms with E-state index in [1.165, 1.54) is 16.8 Å². The average molecular weight is 209 g/mol. The van der Waals surface area contributed by atoms with Crippen molar-refractivity contribution in [1.82, 2.24) is 0 Å². The second kappa shape index (κ2) is 5.30. The van der Waals surface area contributed by atoms with Gasteiger partial charge in [0.25, 0.3) is 0 Å². The van der Waals surface area contributed by atoms with Crippen LogP contribution in [0.25, 0.3) is 0 Å². The van der Waals surface area contributed by atoms with Crippen molar-refractivity contribution in [3.05, 3.63) is 29.3 Å². The minimum atomic E-state index is 0.954. The van der Waals surface area contributed by atoms with Crippen molar-refractivity contribution >= 4 is 18.3 Å². The molecule has 0 radical (unpaired) electrons. The summed E-state index contributed by atoms with van der Waals surface area (Å²) < 4.78 is 0. The van der Waals surface area contributed by atoms with E-state index in [-0.39, 0.29) is 0 Å². The zero-order valence-corrected chi connectivity index (χ0v) is 10.1. The van der Waals surface area contributed by atoms with Gasteiger partial charge in [-0.05, 0) is 43.2 Å². The molecule has 0 saturated heterocycles. The summed E-state index contributed by atoms with van der Waals surface area (Å²) in [6.07, 6.45) is 1.13. The minimum absolute atomic E-state index is 0.954. The Morgan fingerprint density at radius 2 is 2.00 bits per heavy atom. The van der Waals surface area contributed by atoms with Crippen LogP contribution in [0, 0.1) is 13.8 Å². The predicted octanol–water partition coefficient (Wildman–Crippen LogP) is 3.06. The molecule has 78 valence electrons. The second-order valence-corrected chi connectivity index (χ2v) is 4.24. The summed E-state index contributed by atoms with van der Waals surface area (Å²) in [7, 11) is 2.14. The van der Waals surface area contributed by atoms with E-state index in [1.54, 1.807) is 0 Å². The van der Waals surface area contributed by atoms with Crippen LogP contribution in [0.3, 0.4) is 0 Å². The average Bonchev–Trinajstić information content (AvgIpc) is 2.18. The molecule has 0 fully saturated rings. The van der Waals surface area contributed by atoms with Gasteiger partial charge in [0.2, 0.25) is 0 Å². The molecule has 0 amide bonds. The highest BCUT2D eigenvalue weighted by Crippen LogP contribution is 2.20. The zero-order chi connectivity index (χ0) is 10.6. The molecule has 0 saturated carbocycles. The van der Waals surface area contributed by atoms with Crippen molar-refractivity contribution in [2.45, 2.75) is 20.3 Å². The molecule has 0 bridgehead atoms. The van der Waals surface area contributed by atoms with Crippen LogP contribution < -0.4 is 4.90 Å². The Labute approximate surface area is 92.5 Å². The minimum Gasteiger partial charge on any atom is -0.374 e. The van der Waals surface area contributed by atoms with Crippen molar-refractivity contribution in [3.8, 4) is 0 Å². The molecule has 0 spiro atoms. The Balaban J connectivity index is 2.77. The van der Waals surface area contributed by atoms with Gasteiger partial charge in [-0.2, -0.15) is 12.6 Å². The highest BCUT2D eigenvalue weighted by atomic mass is 32.1. The molecule has 0 atom stereocenters. The van der Waals surface area contributed by atoms with Gasteiger partial charge < -0.3 is 4.90 Å². The molecule has 2 heteroatoms. The standard InChI is InChI=1S/C12H19NS/c1-10-5-6-11(2)12(9-10)13(3)7-4-8-14/h5-6,9,14H,4,7-8H2,1-3H3. The van der Waals surface area contributed by atoms with E-state index >= 15 is 0 Å². The Hall–Kier alpha value is -0.630. The van der Waals surface area contributed by atoms with E-state index < -0.39 is 0 Å². The summed E-state index contributed by atoms with van der Waals surface area (Å²) >= 11 is 4.23. The number of rotatable bonds is 4. The van der Waals surface area contributed by atoms with Crippen LogP contribution in [-0.4, -0.2) is 19.3 Å². The van der Waals surface area contributed by atoms with E-state index in [1.807, 2.05) is 0 Å². The van der Waals surface area contributed by atoms with Crippen molar-refractivity contribution in [2.24, 2.45) is 0 Å². The zero-order valence-electron chi connectivity index (χ0n) is 9.25. The molecule has 0 aliphatic carbocycles. The van der Waals surface area contributed by atoms with Crippen molar-refractivity contribution in [1.29, 1.82) is 0 Å². The number of aryl methyl sites for hydroxylation is 2. The number of benzene rings is 1. The molecular weight excluding hydrogens is 190 g/mol. The van der Waals surface area contributed by atoms with E-state index in [0.29, 0.717) is 0 Å². The third-order valence-electron chi connectivity index (χ3n) is 2.43. The fourth-order valence-corrected chi connectivity index (χ4v) is 1.70. The summed E-state index contributed by atoms with van der Waals surface area (Å²) in [4.78, 5) is 2.30. The van der Waals surface area contributed by atoms with Crippen LogP contribution in [-0.2, 0) is 0 Å². The number of anilines is 1. The quantitative estimate of drug-likeness (QED) is 0.746. The number of nitrogens with zero attached hydrogens (tertiary/aromatic N) is 1. The largest absolute Gasteiger partial charge is 0.374 e. The van der Waals surface area contributed by atoms with Gasteiger partial charge in [0, 0.05) is 19.3 Å². The van der Waals surface area contributed by atoms with E-state index in [2.05, 4.69) is 56.6 Å². The lowest BCUT2D eigenvalue weighted by Crippen LogP contribution is -2.19. The van der Waals surface area contributed by atoms with Crippen LogP contribution >= 0.6 is 12.6 Å². The van der Waals surface area contributed by atoms with Gasteiger partial charge in [-0.15, -0.1) is 0 Å². The summed E-state index contributed by atoms with van der Waals surface area (Å²) in [6, 6.07) is 6.58. The molecule has 0 unspecified atom stereocenters. The number of hydrogen-bond donors (Lipinski definition) is 1. The Morgan fingerprint density at radius 3 is 2.64 bits per heavy atom. The summed E-state index contributed by atoms with van der Waals surface area (Å²) in [5.74, 6) is 0.954. The van der Waals surface area contributed by atoms with Gasteiger partial charge in [0.15, 0.2) is 0 Å². The first-order valence-electron chi connectivity index (χ1n) is 5.04. The molecule has 0 aliphatic heterocycles. The summed E-state index contributed by atoms with van der Waals surface area (Å²) in [5.41, 5.74) is 4.01. The van der Waals surface area contributed by atoms with Crippen molar-refractivity contribution in [3.63, 3.8) is 0 Å². The van der Waals surface area contributed by atoms with Crippen LogP contribution in [0.5, 0.6) is 0 Å². The maximum atomic E-state index is 4.23. The van der Waals surface area contributed by atoms with E-state index in [0.717, 1.165) is 18.7 Å². The van der Waals surface area contributed by atoms with Gasteiger partial charge in [-0.3, -0.25) is 0 Å². The van der Waals surface area contributed by atoms with Gasteiger partial charge in [-0.1, -0.05) is 12.1 Å². The van der Waals surface area contributed by atoms with E-state index in [4.69, 9.17) is 0 Å². The van der Waals surface area contributed by atoms with Gasteiger partial charge in [0.1, 0.15) is 0 Å². The number of hydrogen-bond acceptors (Lipinski definition) is 2. The van der Waals surface area contributed by atoms with Gasteiger partial charge in [-0.25, -0.2) is 0 Å². The van der Waals surface area contributed by atoms with Crippen molar-refractivity contribution in [2.75, 3.05) is 24.2 Å². The lowest BCUT2D eigenvalue weighted by atomic mass is 10.1. The highest BCUT2D eigenvalue weighted by Gasteiger charge is 2.03. The molecule has 1 rings (SSSR count). The third kappa shape index (κ3) is 2.95. The normalized spacial score (nSPS) is 10.3. The first kappa shape index (κ1) is 11.4. The summed E-state index contributed by atoms with van der Waals surface area (Å²) in [6.45, 7) is 5.37. The van der Waals surface area contributed by atoms with Gasteiger partial charge >= 0.3 is 0 Å². The molecule has 0 heterocycles. The molecule has 0 aliphatic rings. The highest BCUT2D eigenvalue weighted by molar-refractivity contribution is 7.80. The van der Waals surface area contributed by atoms with Crippen LogP contribution in [0.15, 0.2) is 18.2 Å². The smallest absolute Gasteiger partial charge is 0.0395 e. The molecule has 1 aromatic carbocycles. The van der Waals surface area contributed by atoms with Crippen LogP contribution in [0.4, 0.5) is 5.69 Å². The molecule has 1 aromatic rings. The van der Waals surface area contributed by atoms with Crippen molar-refractivity contribution < 1.29 is 0 Å². The maximum Gasteiger partial charge on any atom is 0.0395 e. The lowest BCUT2D eigenvalue weighted by Gasteiger charge is -2.21. The predicted molar refractivity (Wildman–Crippen MR) is 67.7 cm³/mol. The topological polar surface area (TPSA) is 3.24 Å². The van der Waals surface area contributed by atoms with Gasteiger partial charge in [0.05, 0.1) is 0 Å². The Bertz CT molecular complexity index is 296. The SMILES string of the molecule is Cc1ccc(C)c(N(C)CCCS)c1. The molecule has 0 N–H and O–H groups in total.